The number of nitrogens with one attached hydrogen (secondary N) is 1. The summed E-state index contributed by atoms with van der Waals surface area (Å²) in [5, 5.41) is 8.65. The first-order chi connectivity index (χ1) is 8.17. The third kappa shape index (κ3) is 4.42. The van der Waals surface area contributed by atoms with E-state index in [2.05, 4.69) is 27.5 Å². The molecule has 0 aliphatic rings. The number of ether oxygens (including phenoxy) is 1. The van der Waals surface area contributed by atoms with Crippen LogP contribution in [-0.4, -0.2) is 17.3 Å². The molecule has 0 amide bonds. The van der Waals surface area contributed by atoms with E-state index >= 15 is 0 Å². The van der Waals surface area contributed by atoms with Crippen LogP contribution in [0.4, 0.5) is 0 Å². The highest BCUT2D eigenvalue weighted by Crippen LogP contribution is 2.15. The van der Waals surface area contributed by atoms with Gasteiger partial charge in [-0.3, -0.25) is 15.7 Å². The van der Waals surface area contributed by atoms with E-state index in [1.807, 2.05) is 23.7 Å². The number of hydrogen-bond donors (Lipinski definition) is 2. The fraction of sp³-hybridized carbons (Fsp3) is 0.0833. The zero-order valence-corrected chi connectivity index (χ0v) is 10.9. The molecule has 0 fully saturated rings. The fourth-order valence-corrected chi connectivity index (χ4v) is 1.34. The molecule has 2 N–H and O–H groups in total. The van der Waals surface area contributed by atoms with Crippen molar-refractivity contribution >= 4 is 21.5 Å². The first kappa shape index (κ1) is 13.5. The first-order valence-electron chi connectivity index (χ1n) is 4.80. The smallest absolute Gasteiger partial charge is 0.122 e. The van der Waals surface area contributed by atoms with Crippen molar-refractivity contribution in [3.63, 3.8) is 0 Å². The van der Waals surface area contributed by atoms with Gasteiger partial charge in [-0.2, -0.15) is 0 Å². The second-order valence-electron chi connectivity index (χ2n) is 3.10. The summed E-state index contributed by atoms with van der Waals surface area (Å²) in [6.07, 6.45) is 5.00. The van der Waals surface area contributed by atoms with Gasteiger partial charge in [-0.05, 0) is 39.7 Å². The molecule has 0 atom stereocenters. The van der Waals surface area contributed by atoms with Crippen molar-refractivity contribution in [3.8, 4) is 0 Å². The molecular formula is C12H13BrN2O2. The number of hydroxylamine groups is 1. The van der Waals surface area contributed by atoms with E-state index in [0.717, 1.165) is 11.3 Å². The number of methoxy groups -OCH3 is 1. The lowest BCUT2D eigenvalue weighted by atomic mass is 10.1. The number of aromatic nitrogens is 1. The molecule has 1 heterocycles. The Balaban J connectivity index is 2.90. The predicted molar refractivity (Wildman–Crippen MR) is 70.3 cm³/mol. The van der Waals surface area contributed by atoms with Gasteiger partial charge < -0.3 is 4.74 Å². The molecule has 1 rings (SSSR count). The molecule has 0 saturated heterocycles. The van der Waals surface area contributed by atoms with Crippen LogP contribution in [0.3, 0.4) is 0 Å². The molecule has 0 aromatic carbocycles. The summed E-state index contributed by atoms with van der Waals surface area (Å²) in [5.74, 6) is 0.536. The fourth-order valence-electron chi connectivity index (χ4n) is 1.12. The van der Waals surface area contributed by atoms with Gasteiger partial charge in [0.2, 0.25) is 0 Å². The summed E-state index contributed by atoms with van der Waals surface area (Å²) in [6.45, 7) is 3.90. The molecule has 17 heavy (non-hydrogen) atoms. The maximum Gasteiger partial charge on any atom is 0.122 e. The summed E-state index contributed by atoms with van der Waals surface area (Å²) in [4.78, 5) is 4.17. The van der Waals surface area contributed by atoms with Crippen LogP contribution in [0.15, 0.2) is 53.5 Å². The first-order valence-corrected chi connectivity index (χ1v) is 5.60. The maximum atomic E-state index is 8.65. The van der Waals surface area contributed by atoms with Crippen LogP contribution in [0.1, 0.15) is 5.69 Å². The lowest BCUT2D eigenvalue weighted by Gasteiger charge is -2.04. The molecule has 0 radical (unpaired) electrons. The molecule has 90 valence electrons. The van der Waals surface area contributed by atoms with Gasteiger partial charge >= 0.3 is 0 Å². The van der Waals surface area contributed by atoms with Gasteiger partial charge in [0.25, 0.3) is 0 Å². The van der Waals surface area contributed by atoms with Crippen molar-refractivity contribution in [2.45, 2.75) is 0 Å². The Hall–Kier alpha value is -1.59. The van der Waals surface area contributed by atoms with Gasteiger partial charge in [0.1, 0.15) is 10.4 Å². The predicted octanol–water partition coefficient (Wildman–Crippen LogP) is 2.84. The van der Waals surface area contributed by atoms with Crippen LogP contribution >= 0.6 is 15.9 Å². The Kier molecular flexibility index (Phi) is 5.45. The van der Waals surface area contributed by atoms with Gasteiger partial charge in [0.15, 0.2) is 0 Å². The van der Waals surface area contributed by atoms with E-state index in [4.69, 9.17) is 9.94 Å². The Morgan fingerprint density at radius 2 is 2.29 bits per heavy atom. The Labute approximate surface area is 108 Å². The lowest BCUT2D eigenvalue weighted by molar-refractivity contribution is 0.210. The average molecular weight is 297 g/mol. The lowest BCUT2D eigenvalue weighted by Crippen LogP contribution is -2.00. The molecule has 0 aliphatic heterocycles. The topological polar surface area (TPSA) is 54.4 Å². The van der Waals surface area contributed by atoms with Crippen molar-refractivity contribution < 1.29 is 9.94 Å². The highest BCUT2D eigenvalue weighted by atomic mass is 79.9. The Bertz CT molecular complexity index is 441. The summed E-state index contributed by atoms with van der Waals surface area (Å²) in [6, 6.07) is 5.58. The minimum absolute atomic E-state index is 0.388. The molecule has 0 saturated carbocycles. The third-order valence-corrected chi connectivity index (χ3v) is 2.33. The van der Waals surface area contributed by atoms with Crippen LogP contribution < -0.4 is 5.48 Å². The summed E-state index contributed by atoms with van der Waals surface area (Å²) in [7, 11) is 1.53. The minimum Gasteiger partial charge on any atom is -0.497 e. The van der Waals surface area contributed by atoms with E-state index in [0.29, 0.717) is 10.4 Å². The van der Waals surface area contributed by atoms with Crippen LogP contribution in [0, 0.1) is 0 Å². The summed E-state index contributed by atoms with van der Waals surface area (Å²) < 4.78 is 5.52. The maximum absolute atomic E-state index is 8.65. The van der Waals surface area contributed by atoms with Gasteiger partial charge in [-0.25, -0.2) is 0 Å². The number of hydrogen-bond acceptors (Lipinski definition) is 4. The van der Waals surface area contributed by atoms with Crippen LogP contribution in [0.25, 0.3) is 5.57 Å². The quantitative estimate of drug-likeness (QED) is 0.380. The molecule has 0 bridgehead atoms. The Morgan fingerprint density at radius 3 is 2.82 bits per heavy atom. The summed E-state index contributed by atoms with van der Waals surface area (Å²) >= 11 is 3.10. The largest absolute Gasteiger partial charge is 0.497 e. The van der Waals surface area contributed by atoms with Crippen LogP contribution in [-0.2, 0) is 4.74 Å². The van der Waals surface area contributed by atoms with Crippen molar-refractivity contribution in [2.75, 3.05) is 7.11 Å². The average Bonchev–Trinajstić information content (AvgIpc) is 2.38. The number of allylic oxidation sites excluding steroid dienone is 3. The molecule has 0 unspecified atom stereocenters. The molecule has 4 nitrogen and oxygen atoms in total. The molecule has 0 spiro atoms. The second-order valence-corrected chi connectivity index (χ2v) is 3.95. The van der Waals surface area contributed by atoms with Gasteiger partial charge in [-0.15, -0.1) is 0 Å². The van der Waals surface area contributed by atoms with Crippen molar-refractivity contribution in [1.82, 2.24) is 10.5 Å². The molecule has 1 aromatic heterocycles. The zero-order chi connectivity index (χ0) is 12.7. The standard InChI is InChI=1S/C12H13BrN2O2/c1-9(11-5-3-4-6-14-11)7-10(17-2)8-12(13)15-16/h3-8,15-16H,1H2,2H3/b10-7+,12-8-. The van der Waals surface area contributed by atoms with Gasteiger partial charge in [0, 0.05) is 12.3 Å². The normalized spacial score (nSPS) is 12.2. The van der Waals surface area contributed by atoms with E-state index in [1.54, 1.807) is 18.3 Å². The van der Waals surface area contributed by atoms with Crippen molar-refractivity contribution in [3.05, 3.63) is 59.2 Å². The highest BCUT2D eigenvalue weighted by molar-refractivity contribution is 9.11. The zero-order valence-electron chi connectivity index (χ0n) is 9.35. The van der Waals surface area contributed by atoms with Crippen LogP contribution in [0.5, 0.6) is 0 Å². The van der Waals surface area contributed by atoms with E-state index < -0.39 is 0 Å². The van der Waals surface area contributed by atoms with Gasteiger partial charge in [0.05, 0.1) is 12.8 Å². The minimum atomic E-state index is 0.388. The van der Waals surface area contributed by atoms with Crippen molar-refractivity contribution in [1.29, 1.82) is 0 Å². The number of rotatable bonds is 5. The second kappa shape index (κ2) is 6.88. The monoisotopic (exact) mass is 296 g/mol. The number of halogens is 1. The molecule has 5 heteroatoms. The summed E-state index contributed by atoms with van der Waals surface area (Å²) in [5.41, 5.74) is 3.44. The number of pyridine rings is 1. The SMILES string of the molecule is C=C(/C=C(\C=C(\Br)NO)OC)c1ccccn1. The van der Waals surface area contributed by atoms with E-state index in [1.165, 1.54) is 7.11 Å². The van der Waals surface area contributed by atoms with E-state index in [-0.39, 0.29) is 0 Å². The molecule has 0 aliphatic carbocycles. The van der Waals surface area contributed by atoms with Crippen LogP contribution in [0.2, 0.25) is 0 Å². The Morgan fingerprint density at radius 1 is 1.53 bits per heavy atom. The third-order valence-electron chi connectivity index (χ3n) is 1.92. The van der Waals surface area contributed by atoms with E-state index in [9.17, 15) is 0 Å². The van der Waals surface area contributed by atoms with Gasteiger partial charge in [-0.1, -0.05) is 12.6 Å². The molecule has 1 aromatic rings. The highest BCUT2D eigenvalue weighted by Gasteiger charge is 2.00. The number of nitrogens with zero attached hydrogens (tertiary/aromatic N) is 1. The van der Waals surface area contributed by atoms with Crippen molar-refractivity contribution in [2.24, 2.45) is 0 Å². The molecular weight excluding hydrogens is 284 g/mol.